The predicted molar refractivity (Wildman–Crippen MR) is 94.2 cm³/mol. The maximum atomic E-state index is 12.0. The summed E-state index contributed by atoms with van der Waals surface area (Å²) in [7, 11) is 1.53. The lowest BCUT2D eigenvalue weighted by atomic mass is 10.1. The molecule has 2 aromatic rings. The van der Waals surface area contributed by atoms with Crippen LogP contribution < -0.4 is 9.47 Å². The van der Waals surface area contributed by atoms with Crippen LogP contribution >= 0.6 is 0 Å². The van der Waals surface area contributed by atoms with E-state index in [0.29, 0.717) is 22.6 Å². The fraction of sp³-hybridized carbons (Fsp3) is 0.300. The van der Waals surface area contributed by atoms with Crippen LogP contribution in [0, 0.1) is 13.8 Å². The molecule has 0 spiro atoms. The van der Waals surface area contributed by atoms with Gasteiger partial charge in [0.05, 0.1) is 7.11 Å². The molecule has 0 fully saturated rings. The van der Waals surface area contributed by atoms with Crippen LogP contribution in [0.3, 0.4) is 0 Å². The standard InChI is InChI=1S/C20H22O5/c1-13-6-5-7-14(2)20(13)25-12-19(22)24-11-17-10-16(15(3)21)8-9-18(17)23-4/h5-10H,11-12H2,1-4H3. The number of carbonyl (C=O) groups excluding carboxylic acids is 2. The second kappa shape index (κ2) is 8.33. The number of benzene rings is 2. The van der Waals surface area contributed by atoms with E-state index in [1.54, 1.807) is 18.2 Å². The summed E-state index contributed by atoms with van der Waals surface area (Å²) in [5.41, 5.74) is 3.10. The molecular formula is C20H22O5. The molecule has 0 aromatic heterocycles. The Morgan fingerprint density at radius 3 is 2.32 bits per heavy atom. The number of hydrogen-bond donors (Lipinski definition) is 0. The Hall–Kier alpha value is -2.82. The van der Waals surface area contributed by atoms with Gasteiger partial charge in [0.25, 0.3) is 0 Å². The van der Waals surface area contributed by atoms with Crippen molar-refractivity contribution in [1.29, 1.82) is 0 Å². The van der Waals surface area contributed by atoms with E-state index in [1.165, 1.54) is 14.0 Å². The number of rotatable bonds is 7. The Morgan fingerprint density at radius 1 is 1.04 bits per heavy atom. The molecule has 0 aliphatic carbocycles. The number of ketones is 1. The zero-order chi connectivity index (χ0) is 18.4. The van der Waals surface area contributed by atoms with Crippen LogP contribution in [0.5, 0.6) is 11.5 Å². The number of Topliss-reactive ketones (excluding diaryl/α,β-unsaturated/α-hetero) is 1. The van der Waals surface area contributed by atoms with Crippen molar-refractivity contribution in [3.05, 3.63) is 58.7 Å². The zero-order valence-corrected chi connectivity index (χ0v) is 14.9. The van der Waals surface area contributed by atoms with E-state index >= 15 is 0 Å². The lowest BCUT2D eigenvalue weighted by Gasteiger charge is -2.13. The van der Waals surface area contributed by atoms with E-state index in [9.17, 15) is 9.59 Å². The van der Waals surface area contributed by atoms with Gasteiger partial charge in [-0.3, -0.25) is 4.79 Å². The van der Waals surface area contributed by atoms with Gasteiger partial charge in [0, 0.05) is 11.1 Å². The first-order chi connectivity index (χ1) is 11.9. The molecule has 0 saturated heterocycles. The monoisotopic (exact) mass is 342 g/mol. The summed E-state index contributed by atoms with van der Waals surface area (Å²) in [5, 5.41) is 0. The van der Waals surface area contributed by atoms with E-state index in [1.807, 2.05) is 32.0 Å². The molecule has 0 atom stereocenters. The first-order valence-corrected chi connectivity index (χ1v) is 7.95. The SMILES string of the molecule is COc1ccc(C(C)=O)cc1COC(=O)COc1c(C)cccc1C. The van der Waals surface area contributed by atoms with Gasteiger partial charge in [-0.1, -0.05) is 18.2 Å². The minimum atomic E-state index is -0.488. The Labute approximate surface area is 147 Å². The lowest BCUT2D eigenvalue weighted by Crippen LogP contribution is -2.16. The molecule has 0 N–H and O–H groups in total. The summed E-state index contributed by atoms with van der Waals surface area (Å²) in [5.74, 6) is 0.704. The fourth-order valence-electron chi connectivity index (χ4n) is 2.47. The highest BCUT2D eigenvalue weighted by atomic mass is 16.6. The van der Waals surface area contributed by atoms with E-state index in [2.05, 4.69) is 0 Å². The van der Waals surface area contributed by atoms with Crippen molar-refractivity contribution in [1.82, 2.24) is 0 Å². The van der Waals surface area contributed by atoms with Crippen molar-refractivity contribution in [2.45, 2.75) is 27.4 Å². The zero-order valence-electron chi connectivity index (χ0n) is 14.9. The average Bonchev–Trinajstić information content (AvgIpc) is 2.59. The minimum absolute atomic E-state index is 0.0131. The quantitative estimate of drug-likeness (QED) is 0.568. The minimum Gasteiger partial charge on any atom is -0.496 e. The third kappa shape index (κ3) is 4.83. The summed E-state index contributed by atoms with van der Waals surface area (Å²) >= 11 is 0. The number of esters is 1. The van der Waals surface area contributed by atoms with Crippen LogP contribution in [0.1, 0.15) is 34.0 Å². The Kier molecular flexibility index (Phi) is 6.17. The van der Waals surface area contributed by atoms with E-state index < -0.39 is 5.97 Å². The van der Waals surface area contributed by atoms with Gasteiger partial charge >= 0.3 is 5.97 Å². The molecule has 0 radical (unpaired) electrons. The molecule has 0 heterocycles. The van der Waals surface area contributed by atoms with Crippen LogP contribution in [0.2, 0.25) is 0 Å². The molecule has 0 bridgehead atoms. The molecule has 0 amide bonds. The molecule has 0 unspecified atom stereocenters. The van der Waals surface area contributed by atoms with Crippen molar-refractivity contribution in [2.75, 3.05) is 13.7 Å². The Bertz CT molecular complexity index is 759. The highest BCUT2D eigenvalue weighted by molar-refractivity contribution is 5.94. The van der Waals surface area contributed by atoms with E-state index in [-0.39, 0.29) is 19.0 Å². The maximum Gasteiger partial charge on any atom is 0.344 e. The molecule has 5 nitrogen and oxygen atoms in total. The molecule has 2 rings (SSSR count). The van der Waals surface area contributed by atoms with Crippen molar-refractivity contribution in [3.8, 4) is 11.5 Å². The topological polar surface area (TPSA) is 61.8 Å². The third-order valence-electron chi connectivity index (χ3n) is 3.82. The van der Waals surface area contributed by atoms with Crippen LogP contribution in [0.4, 0.5) is 0 Å². The van der Waals surface area contributed by atoms with Gasteiger partial charge in [0.2, 0.25) is 0 Å². The summed E-state index contributed by atoms with van der Waals surface area (Å²) in [6.45, 7) is 5.16. The number of hydrogen-bond acceptors (Lipinski definition) is 5. The summed E-state index contributed by atoms with van der Waals surface area (Å²) < 4.78 is 16.1. The van der Waals surface area contributed by atoms with E-state index in [0.717, 1.165) is 11.1 Å². The second-order valence-corrected chi connectivity index (χ2v) is 5.75. The van der Waals surface area contributed by atoms with Crippen molar-refractivity contribution in [3.63, 3.8) is 0 Å². The van der Waals surface area contributed by atoms with Crippen LogP contribution in [0.25, 0.3) is 0 Å². The van der Waals surface area contributed by atoms with Gasteiger partial charge in [-0.05, 0) is 50.1 Å². The van der Waals surface area contributed by atoms with Gasteiger partial charge < -0.3 is 14.2 Å². The predicted octanol–water partition coefficient (Wildman–Crippen LogP) is 3.64. The van der Waals surface area contributed by atoms with Crippen molar-refractivity contribution >= 4 is 11.8 Å². The van der Waals surface area contributed by atoms with E-state index in [4.69, 9.17) is 14.2 Å². The second-order valence-electron chi connectivity index (χ2n) is 5.75. The molecular weight excluding hydrogens is 320 g/mol. The number of aryl methyl sites for hydroxylation is 2. The smallest absolute Gasteiger partial charge is 0.344 e. The average molecular weight is 342 g/mol. The number of para-hydroxylation sites is 1. The van der Waals surface area contributed by atoms with Gasteiger partial charge in [-0.15, -0.1) is 0 Å². The Balaban J connectivity index is 1.98. The summed E-state index contributed by atoms with van der Waals surface area (Å²) in [6, 6.07) is 10.8. The highest BCUT2D eigenvalue weighted by Crippen LogP contribution is 2.23. The highest BCUT2D eigenvalue weighted by Gasteiger charge is 2.12. The van der Waals surface area contributed by atoms with Gasteiger partial charge in [0.15, 0.2) is 12.4 Å². The van der Waals surface area contributed by atoms with Gasteiger partial charge in [0.1, 0.15) is 18.1 Å². The molecule has 5 heteroatoms. The molecule has 0 aliphatic heterocycles. The first kappa shape index (κ1) is 18.5. The van der Waals surface area contributed by atoms with Crippen LogP contribution in [-0.4, -0.2) is 25.5 Å². The Morgan fingerprint density at radius 2 is 1.72 bits per heavy atom. The largest absolute Gasteiger partial charge is 0.496 e. The van der Waals surface area contributed by atoms with Crippen LogP contribution in [0.15, 0.2) is 36.4 Å². The normalized spacial score (nSPS) is 10.2. The van der Waals surface area contributed by atoms with Crippen LogP contribution in [-0.2, 0) is 16.1 Å². The number of ether oxygens (including phenoxy) is 3. The molecule has 2 aromatic carbocycles. The number of carbonyl (C=O) groups is 2. The van der Waals surface area contributed by atoms with Gasteiger partial charge in [-0.25, -0.2) is 4.79 Å². The van der Waals surface area contributed by atoms with Crippen molar-refractivity contribution in [2.24, 2.45) is 0 Å². The lowest BCUT2D eigenvalue weighted by molar-refractivity contribution is -0.147. The summed E-state index contributed by atoms with van der Waals surface area (Å²) in [4.78, 5) is 23.5. The molecule has 132 valence electrons. The first-order valence-electron chi connectivity index (χ1n) is 7.95. The van der Waals surface area contributed by atoms with Crippen molar-refractivity contribution < 1.29 is 23.8 Å². The third-order valence-corrected chi connectivity index (χ3v) is 3.82. The fourth-order valence-corrected chi connectivity index (χ4v) is 2.47. The maximum absolute atomic E-state index is 12.0. The molecule has 25 heavy (non-hydrogen) atoms. The van der Waals surface area contributed by atoms with Gasteiger partial charge in [-0.2, -0.15) is 0 Å². The number of methoxy groups -OCH3 is 1. The molecule has 0 aliphatic rings. The molecule has 0 saturated carbocycles. The summed E-state index contributed by atoms with van der Waals surface area (Å²) in [6.07, 6.45) is 0.